The predicted octanol–water partition coefficient (Wildman–Crippen LogP) is 1.37. The van der Waals surface area contributed by atoms with E-state index in [0.29, 0.717) is 6.61 Å². The lowest BCUT2D eigenvalue weighted by molar-refractivity contribution is -0.139. The lowest BCUT2D eigenvalue weighted by Crippen LogP contribution is -2.03. The molecule has 2 unspecified atom stereocenters. The normalized spacial score (nSPS) is 30.4. The third-order valence-corrected chi connectivity index (χ3v) is 2.60. The Kier molecular flexibility index (Phi) is 2.59. The minimum atomic E-state index is -0.752. The zero-order chi connectivity index (χ0) is 10.1. The highest BCUT2D eigenvalue weighted by molar-refractivity contribution is 5.84. The van der Waals surface area contributed by atoms with Crippen LogP contribution in [0.15, 0.2) is 5.16 Å². The summed E-state index contributed by atoms with van der Waals surface area (Å²) in [6.07, 6.45) is 1.60. The van der Waals surface area contributed by atoms with Gasteiger partial charge < -0.3 is 9.94 Å². The topological polar surface area (TPSA) is 58.9 Å². The van der Waals surface area contributed by atoms with Gasteiger partial charge in [0.05, 0.1) is 5.92 Å². The average Bonchev–Trinajstić information content (AvgIpc) is 2.54. The molecule has 0 aliphatic heterocycles. The van der Waals surface area contributed by atoms with Crippen LogP contribution >= 0.6 is 0 Å². The molecule has 0 heterocycles. The molecular formula is C9H15NO3. The summed E-state index contributed by atoms with van der Waals surface area (Å²) in [7, 11) is 0. The van der Waals surface area contributed by atoms with E-state index in [4.69, 9.17) is 9.94 Å². The molecule has 13 heavy (non-hydrogen) atoms. The summed E-state index contributed by atoms with van der Waals surface area (Å²) in [6, 6.07) is 0. The summed E-state index contributed by atoms with van der Waals surface area (Å²) in [6.45, 7) is 6.20. The van der Waals surface area contributed by atoms with Crippen LogP contribution in [0.1, 0.15) is 20.8 Å². The van der Waals surface area contributed by atoms with Gasteiger partial charge in [0.15, 0.2) is 0 Å². The molecule has 1 N–H and O–H groups in total. The van der Waals surface area contributed by atoms with Gasteiger partial charge in [-0.1, -0.05) is 19.0 Å². The Labute approximate surface area is 77.6 Å². The number of hydrogen-bond donors (Lipinski definition) is 1. The van der Waals surface area contributed by atoms with Crippen LogP contribution in [0.25, 0.3) is 0 Å². The number of hydrogen-bond acceptors (Lipinski definition) is 3. The largest absolute Gasteiger partial charge is 0.481 e. The number of carboxylic acids is 1. The maximum atomic E-state index is 10.7. The van der Waals surface area contributed by atoms with Crippen molar-refractivity contribution in [2.24, 2.45) is 22.4 Å². The minimum Gasteiger partial charge on any atom is -0.481 e. The van der Waals surface area contributed by atoms with Crippen molar-refractivity contribution in [3.63, 3.8) is 0 Å². The molecule has 0 aromatic heterocycles. The van der Waals surface area contributed by atoms with Crippen LogP contribution in [-0.4, -0.2) is 23.9 Å². The second-order valence-corrected chi connectivity index (χ2v) is 3.84. The van der Waals surface area contributed by atoms with Gasteiger partial charge in [-0.15, -0.1) is 0 Å². The van der Waals surface area contributed by atoms with Gasteiger partial charge >= 0.3 is 5.97 Å². The Morgan fingerprint density at radius 3 is 2.69 bits per heavy atom. The van der Waals surface area contributed by atoms with E-state index in [-0.39, 0.29) is 17.3 Å². The van der Waals surface area contributed by atoms with E-state index in [1.807, 2.05) is 20.8 Å². The van der Waals surface area contributed by atoms with Crippen LogP contribution in [0.2, 0.25) is 0 Å². The summed E-state index contributed by atoms with van der Waals surface area (Å²) in [5.74, 6) is -1.05. The molecule has 1 aliphatic rings. The van der Waals surface area contributed by atoms with Gasteiger partial charge in [-0.05, 0) is 12.3 Å². The summed E-state index contributed by atoms with van der Waals surface area (Å²) in [5.41, 5.74) is -0.174. The first-order valence-corrected chi connectivity index (χ1v) is 4.40. The molecule has 74 valence electrons. The maximum absolute atomic E-state index is 10.7. The third-order valence-electron chi connectivity index (χ3n) is 2.60. The fraction of sp³-hybridized carbons (Fsp3) is 0.778. The highest BCUT2D eigenvalue weighted by atomic mass is 16.6. The molecule has 0 radical (unpaired) electrons. The number of oxime groups is 1. The number of carboxylic acid groups (broad SMARTS) is 1. The van der Waals surface area contributed by atoms with Crippen LogP contribution in [-0.2, 0) is 9.63 Å². The molecule has 0 spiro atoms. The lowest BCUT2D eigenvalue weighted by atomic mass is 10.1. The minimum absolute atomic E-state index is 0.0107. The molecule has 1 rings (SSSR count). The van der Waals surface area contributed by atoms with Gasteiger partial charge in [-0.2, -0.15) is 0 Å². The van der Waals surface area contributed by atoms with Crippen molar-refractivity contribution in [1.82, 2.24) is 0 Å². The molecule has 1 saturated carbocycles. The van der Waals surface area contributed by atoms with Crippen molar-refractivity contribution < 1.29 is 14.7 Å². The molecule has 4 heteroatoms. The van der Waals surface area contributed by atoms with Gasteiger partial charge in [0.2, 0.25) is 0 Å². The molecule has 1 aliphatic carbocycles. The van der Waals surface area contributed by atoms with Crippen molar-refractivity contribution in [2.75, 3.05) is 6.61 Å². The standard InChI is InChI=1S/C9H15NO3/c1-4-13-10-5-6-7(8(11)12)9(6,2)3/h5-7H,4H2,1-3H3,(H,11,12)/b10-5+. The first-order valence-electron chi connectivity index (χ1n) is 4.40. The number of aliphatic carboxylic acids is 1. The third kappa shape index (κ3) is 1.82. The molecule has 0 saturated heterocycles. The smallest absolute Gasteiger partial charge is 0.307 e. The second-order valence-electron chi connectivity index (χ2n) is 3.84. The van der Waals surface area contributed by atoms with E-state index < -0.39 is 5.97 Å². The average molecular weight is 185 g/mol. The summed E-state index contributed by atoms with van der Waals surface area (Å²) >= 11 is 0. The van der Waals surface area contributed by atoms with Gasteiger partial charge in [-0.3, -0.25) is 4.79 Å². The van der Waals surface area contributed by atoms with E-state index in [0.717, 1.165) is 0 Å². The quantitative estimate of drug-likeness (QED) is 0.531. The van der Waals surface area contributed by atoms with Gasteiger partial charge in [-0.25, -0.2) is 0 Å². The molecule has 0 aromatic carbocycles. The summed E-state index contributed by atoms with van der Waals surface area (Å²) < 4.78 is 0. The van der Waals surface area contributed by atoms with Gasteiger partial charge in [0, 0.05) is 12.1 Å². The molecule has 0 amide bonds. The van der Waals surface area contributed by atoms with Crippen LogP contribution in [0.3, 0.4) is 0 Å². The fourth-order valence-corrected chi connectivity index (χ4v) is 1.61. The van der Waals surface area contributed by atoms with Crippen molar-refractivity contribution in [2.45, 2.75) is 20.8 Å². The molecule has 2 atom stereocenters. The van der Waals surface area contributed by atoms with E-state index >= 15 is 0 Å². The highest BCUT2D eigenvalue weighted by Gasteiger charge is 2.61. The number of nitrogens with zero attached hydrogens (tertiary/aromatic N) is 1. The molecule has 0 aromatic rings. The molecule has 0 bridgehead atoms. The predicted molar refractivity (Wildman–Crippen MR) is 48.5 cm³/mol. The van der Waals surface area contributed by atoms with E-state index in [1.54, 1.807) is 6.21 Å². The van der Waals surface area contributed by atoms with Crippen molar-refractivity contribution in [1.29, 1.82) is 0 Å². The first kappa shape index (κ1) is 10.0. The Morgan fingerprint density at radius 1 is 1.69 bits per heavy atom. The summed E-state index contributed by atoms with van der Waals surface area (Å²) in [4.78, 5) is 15.5. The fourth-order valence-electron chi connectivity index (χ4n) is 1.61. The highest BCUT2D eigenvalue weighted by Crippen LogP contribution is 2.57. The maximum Gasteiger partial charge on any atom is 0.307 e. The first-order chi connectivity index (χ1) is 6.01. The lowest BCUT2D eigenvalue weighted by Gasteiger charge is -1.96. The van der Waals surface area contributed by atoms with E-state index in [9.17, 15) is 4.79 Å². The Balaban J connectivity index is 2.50. The van der Waals surface area contributed by atoms with Crippen molar-refractivity contribution in [3.05, 3.63) is 0 Å². The van der Waals surface area contributed by atoms with Crippen LogP contribution in [0.5, 0.6) is 0 Å². The van der Waals surface area contributed by atoms with E-state index in [1.165, 1.54) is 0 Å². The number of rotatable bonds is 4. The second kappa shape index (κ2) is 3.36. The van der Waals surface area contributed by atoms with Crippen molar-refractivity contribution in [3.8, 4) is 0 Å². The van der Waals surface area contributed by atoms with Crippen molar-refractivity contribution >= 4 is 12.2 Å². The van der Waals surface area contributed by atoms with Crippen LogP contribution < -0.4 is 0 Å². The summed E-state index contributed by atoms with van der Waals surface area (Å²) in [5, 5.41) is 12.5. The van der Waals surface area contributed by atoms with Crippen LogP contribution in [0, 0.1) is 17.3 Å². The molecule has 4 nitrogen and oxygen atoms in total. The zero-order valence-electron chi connectivity index (χ0n) is 8.15. The zero-order valence-corrected chi connectivity index (χ0v) is 8.15. The van der Waals surface area contributed by atoms with Crippen LogP contribution in [0.4, 0.5) is 0 Å². The number of carbonyl (C=O) groups is 1. The van der Waals surface area contributed by atoms with Gasteiger partial charge in [0.1, 0.15) is 6.61 Å². The Hall–Kier alpha value is -1.06. The SMILES string of the molecule is CCO/N=C/C1C(C(=O)O)C1(C)C. The molecular weight excluding hydrogens is 170 g/mol. The van der Waals surface area contributed by atoms with Gasteiger partial charge in [0.25, 0.3) is 0 Å². The monoisotopic (exact) mass is 185 g/mol. The molecule has 1 fully saturated rings. The van der Waals surface area contributed by atoms with E-state index in [2.05, 4.69) is 5.16 Å². The Bertz CT molecular complexity index is 235. The Morgan fingerprint density at radius 2 is 2.31 bits per heavy atom.